The lowest BCUT2D eigenvalue weighted by Gasteiger charge is -2.22. The Morgan fingerprint density at radius 1 is 1.50 bits per heavy atom. The number of amides is 1. The van der Waals surface area contributed by atoms with Crippen molar-refractivity contribution in [1.82, 2.24) is 4.90 Å². The molecule has 1 saturated heterocycles. The number of carbonyl (C=O) groups is 3. The van der Waals surface area contributed by atoms with Gasteiger partial charge in [0.15, 0.2) is 0 Å². The van der Waals surface area contributed by atoms with Crippen LogP contribution in [0.2, 0.25) is 0 Å². The van der Waals surface area contributed by atoms with Crippen molar-refractivity contribution >= 4 is 46.1 Å². The van der Waals surface area contributed by atoms with E-state index < -0.39 is 18.0 Å². The topological polar surface area (TPSA) is 94.9 Å². The van der Waals surface area contributed by atoms with Crippen molar-refractivity contribution in [3.63, 3.8) is 0 Å². The number of hydrogen-bond donors (Lipinski definition) is 2. The Kier molecular flexibility index (Phi) is 4.25. The average molecular weight is 263 g/mol. The van der Waals surface area contributed by atoms with E-state index in [1.54, 1.807) is 0 Å². The van der Waals surface area contributed by atoms with Gasteiger partial charge in [-0.1, -0.05) is 24.0 Å². The van der Waals surface area contributed by atoms with Crippen LogP contribution in [-0.2, 0) is 14.4 Å². The van der Waals surface area contributed by atoms with Crippen LogP contribution < -0.4 is 0 Å². The van der Waals surface area contributed by atoms with Crippen molar-refractivity contribution in [1.29, 1.82) is 0 Å². The molecule has 0 aliphatic carbocycles. The van der Waals surface area contributed by atoms with Gasteiger partial charge in [0, 0.05) is 6.42 Å². The zero-order chi connectivity index (χ0) is 12.3. The second-order valence-electron chi connectivity index (χ2n) is 3.10. The largest absolute Gasteiger partial charge is 0.481 e. The fourth-order valence-corrected chi connectivity index (χ4v) is 2.45. The highest BCUT2D eigenvalue weighted by Crippen LogP contribution is 2.24. The summed E-state index contributed by atoms with van der Waals surface area (Å²) in [5, 5.41) is 17.4. The highest BCUT2D eigenvalue weighted by molar-refractivity contribution is 8.23. The fraction of sp³-hybridized carbons (Fsp3) is 0.500. The van der Waals surface area contributed by atoms with Crippen molar-refractivity contribution in [3.05, 3.63) is 0 Å². The molecular formula is C8H9NO5S2. The third-order valence-corrected chi connectivity index (χ3v) is 3.40. The lowest BCUT2D eigenvalue weighted by Crippen LogP contribution is -2.44. The molecule has 1 amide bonds. The number of nitrogens with zero attached hydrogens (tertiary/aromatic N) is 1. The second-order valence-corrected chi connectivity index (χ2v) is 4.71. The van der Waals surface area contributed by atoms with Gasteiger partial charge in [0.1, 0.15) is 10.4 Å². The molecular weight excluding hydrogens is 254 g/mol. The smallest absolute Gasteiger partial charge is 0.326 e. The van der Waals surface area contributed by atoms with Gasteiger partial charge in [-0.2, -0.15) is 0 Å². The van der Waals surface area contributed by atoms with Crippen LogP contribution in [0.15, 0.2) is 0 Å². The maximum atomic E-state index is 11.4. The Balaban J connectivity index is 2.76. The summed E-state index contributed by atoms with van der Waals surface area (Å²) in [6.45, 7) is 0. The van der Waals surface area contributed by atoms with E-state index in [-0.39, 0.29) is 28.8 Å². The summed E-state index contributed by atoms with van der Waals surface area (Å²) in [4.78, 5) is 33.7. The fourth-order valence-electron chi connectivity index (χ4n) is 1.29. The van der Waals surface area contributed by atoms with Crippen LogP contribution in [0.25, 0.3) is 0 Å². The summed E-state index contributed by atoms with van der Waals surface area (Å²) in [5.41, 5.74) is 0. The minimum atomic E-state index is -1.24. The number of carboxylic acid groups (broad SMARTS) is 2. The molecule has 0 saturated carbocycles. The molecule has 0 spiro atoms. The van der Waals surface area contributed by atoms with Gasteiger partial charge in [-0.15, -0.1) is 0 Å². The van der Waals surface area contributed by atoms with E-state index in [4.69, 9.17) is 22.4 Å². The van der Waals surface area contributed by atoms with Gasteiger partial charge in [0.2, 0.25) is 5.91 Å². The van der Waals surface area contributed by atoms with Gasteiger partial charge in [-0.05, 0) is 6.42 Å². The Labute approximate surface area is 101 Å². The molecule has 0 bridgehead atoms. The predicted molar refractivity (Wildman–Crippen MR) is 60.2 cm³/mol. The normalized spacial score (nSPS) is 17.6. The summed E-state index contributed by atoms with van der Waals surface area (Å²) < 4.78 is 0.197. The Hall–Kier alpha value is -1.15. The van der Waals surface area contributed by atoms with Crippen LogP contribution in [0, 0.1) is 0 Å². The minimum Gasteiger partial charge on any atom is -0.481 e. The van der Waals surface area contributed by atoms with Gasteiger partial charge in [-0.3, -0.25) is 14.5 Å². The molecule has 8 heteroatoms. The van der Waals surface area contributed by atoms with Gasteiger partial charge < -0.3 is 10.2 Å². The van der Waals surface area contributed by atoms with E-state index in [0.717, 1.165) is 16.7 Å². The zero-order valence-electron chi connectivity index (χ0n) is 8.08. The summed E-state index contributed by atoms with van der Waals surface area (Å²) >= 11 is 5.94. The van der Waals surface area contributed by atoms with Crippen molar-refractivity contribution < 1.29 is 24.6 Å². The predicted octanol–water partition coefficient (Wildman–Crippen LogP) is 0.165. The summed E-state index contributed by atoms with van der Waals surface area (Å²) in [7, 11) is 0. The molecule has 0 aromatic heterocycles. The number of thioether (sulfide) groups is 1. The summed E-state index contributed by atoms with van der Waals surface area (Å²) in [6, 6.07) is -1.17. The van der Waals surface area contributed by atoms with Gasteiger partial charge in [-0.25, -0.2) is 4.79 Å². The second kappa shape index (κ2) is 5.26. The molecule has 1 heterocycles. The van der Waals surface area contributed by atoms with Crippen LogP contribution in [0.1, 0.15) is 12.8 Å². The Morgan fingerprint density at radius 2 is 2.12 bits per heavy atom. The first-order valence-electron chi connectivity index (χ1n) is 4.37. The van der Waals surface area contributed by atoms with E-state index in [1.165, 1.54) is 0 Å². The highest BCUT2D eigenvalue weighted by Gasteiger charge is 2.37. The van der Waals surface area contributed by atoms with E-state index in [2.05, 4.69) is 0 Å². The molecule has 0 aromatic rings. The van der Waals surface area contributed by atoms with Crippen LogP contribution in [-0.4, -0.2) is 49.1 Å². The van der Waals surface area contributed by atoms with E-state index in [0.29, 0.717) is 0 Å². The van der Waals surface area contributed by atoms with Gasteiger partial charge in [0.05, 0.1) is 5.75 Å². The molecule has 2 N–H and O–H groups in total. The van der Waals surface area contributed by atoms with Crippen LogP contribution in [0.5, 0.6) is 0 Å². The first-order chi connectivity index (χ1) is 7.43. The summed E-state index contributed by atoms with van der Waals surface area (Å²) in [5.74, 6) is -2.60. The third-order valence-electron chi connectivity index (χ3n) is 2.01. The lowest BCUT2D eigenvalue weighted by molar-refractivity contribution is -0.146. The van der Waals surface area contributed by atoms with Crippen molar-refractivity contribution in [2.45, 2.75) is 18.9 Å². The number of hydrogen-bond acceptors (Lipinski definition) is 5. The average Bonchev–Trinajstić information content (AvgIpc) is 2.48. The molecule has 1 rings (SSSR count). The van der Waals surface area contributed by atoms with Gasteiger partial charge >= 0.3 is 11.9 Å². The monoisotopic (exact) mass is 263 g/mol. The molecule has 1 aliphatic rings. The standard InChI is InChI=1S/C8H9NO5S2/c10-5-3-16-8(15)9(5)4(7(13)14)1-2-6(11)12/h4H,1-3H2,(H,11,12)(H,13,14). The lowest BCUT2D eigenvalue weighted by atomic mass is 10.1. The number of aliphatic carboxylic acids is 2. The van der Waals surface area contributed by atoms with Crippen molar-refractivity contribution in [2.75, 3.05) is 5.75 Å². The van der Waals surface area contributed by atoms with E-state index in [9.17, 15) is 14.4 Å². The molecule has 1 aliphatic heterocycles. The van der Waals surface area contributed by atoms with Crippen LogP contribution in [0.4, 0.5) is 0 Å². The highest BCUT2D eigenvalue weighted by atomic mass is 32.2. The number of carbonyl (C=O) groups excluding carboxylic acids is 1. The Bertz CT molecular complexity index is 340. The van der Waals surface area contributed by atoms with Crippen LogP contribution in [0.3, 0.4) is 0 Å². The van der Waals surface area contributed by atoms with Crippen LogP contribution >= 0.6 is 24.0 Å². The van der Waals surface area contributed by atoms with Crippen molar-refractivity contribution in [2.24, 2.45) is 0 Å². The van der Waals surface area contributed by atoms with Gasteiger partial charge in [0.25, 0.3) is 0 Å². The van der Waals surface area contributed by atoms with Crippen molar-refractivity contribution in [3.8, 4) is 0 Å². The quantitative estimate of drug-likeness (QED) is 0.682. The third kappa shape index (κ3) is 2.92. The Morgan fingerprint density at radius 3 is 2.50 bits per heavy atom. The maximum absolute atomic E-state index is 11.4. The SMILES string of the molecule is O=C(O)CCC(C(=O)O)N1C(=O)CSC1=S. The number of carboxylic acids is 2. The molecule has 1 unspecified atom stereocenters. The van der Waals surface area contributed by atoms with E-state index in [1.807, 2.05) is 0 Å². The summed E-state index contributed by atoms with van der Waals surface area (Å²) in [6.07, 6.45) is -0.453. The number of thiocarbonyl (C=S) groups is 1. The first-order valence-corrected chi connectivity index (χ1v) is 5.76. The molecule has 16 heavy (non-hydrogen) atoms. The number of rotatable bonds is 5. The van der Waals surface area contributed by atoms with E-state index >= 15 is 0 Å². The molecule has 6 nitrogen and oxygen atoms in total. The molecule has 88 valence electrons. The molecule has 1 fully saturated rings. The maximum Gasteiger partial charge on any atom is 0.326 e. The minimum absolute atomic E-state index is 0.121. The zero-order valence-corrected chi connectivity index (χ0v) is 9.71. The first kappa shape index (κ1) is 12.9. The molecule has 0 radical (unpaired) electrons. The molecule has 0 aromatic carbocycles. The molecule has 1 atom stereocenters.